The van der Waals surface area contributed by atoms with Gasteiger partial charge in [0.05, 0.1) is 0 Å². The van der Waals surface area contributed by atoms with E-state index in [-0.39, 0.29) is 0 Å². The topological polar surface area (TPSA) is 12.0 Å². The second-order valence-corrected chi connectivity index (χ2v) is 5.33. The summed E-state index contributed by atoms with van der Waals surface area (Å²) in [7, 11) is 0. The third-order valence-electron chi connectivity index (χ3n) is 4.41. The minimum absolute atomic E-state index is 0.768. The van der Waals surface area contributed by atoms with E-state index in [2.05, 4.69) is 35.6 Å². The molecule has 3 rings (SSSR count). The van der Waals surface area contributed by atoms with Crippen LogP contribution in [0.4, 0.5) is 0 Å². The lowest BCUT2D eigenvalue weighted by atomic mass is 9.82. The van der Waals surface area contributed by atoms with Crippen molar-refractivity contribution in [1.29, 1.82) is 0 Å². The van der Waals surface area contributed by atoms with Crippen LogP contribution in [0.3, 0.4) is 0 Å². The summed E-state index contributed by atoms with van der Waals surface area (Å²) < 4.78 is 0. The van der Waals surface area contributed by atoms with E-state index >= 15 is 0 Å². The van der Waals surface area contributed by atoms with Crippen molar-refractivity contribution >= 4 is 0 Å². The van der Waals surface area contributed by atoms with Crippen LogP contribution in [0.15, 0.2) is 30.3 Å². The molecular formula is C15H21N. The van der Waals surface area contributed by atoms with Crippen molar-refractivity contribution in [3.8, 4) is 0 Å². The SMILES string of the molecule is c1ccc([C@H]2CNC3CCCCC[C@@H]32)cc1. The number of nitrogens with one attached hydrogen (secondary N) is 1. The maximum atomic E-state index is 3.75. The normalized spacial score (nSPS) is 34.4. The van der Waals surface area contributed by atoms with Crippen LogP contribution in [-0.4, -0.2) is 12.6 Å². The summed E-state index contributed by atoms with van der Waals surface area (Å²) in [5.41, 5.74) is 1.55. The molecule has 16 heavy (non-hydrogen) atoms. The van der Waals surface area contributed by atoms with Gasteiger partial charge in [0.1, 0.15) is 0 Å². The van der Waals surface area contributed by atoms with E-state index in [1.165, 1.54) is 38.6 Å². The Bertz CT molecular complexity index is 333. The van der Waals surface area contributed by atoms with Gasteiger partial charge in [-0.2, -0.15) is 0 Å². The molecule has 0 radical (unpaired) electrons. The highest BCUT2D eigenvalue weighted by atomic mass is 15.0. The molecule has 1 aliphatic carbocycles. The third kappa shape index (κ3) is 1.89. The van der Waals surface area contributed by atoms with Crippen LogP contribution >= 0.6 is 0 Å². The van der Waals surface area contributed by atoms with E-state index in [4.69, 9.17) is 0 Å². The summed E-state index contributed by atoms with van der Waals surface area (Å²) in [6, 6.07) is 11.9. The first-order chi connectivity index (χ1) is 7.95. The van der Waals surface area contributed by atoms with E-state index in [0.717, 1.165) is 17.9 Å². The van der Waals surface area contributed by atoms with Crippen molar-refractivity contribution in [2.45, 2.75) is 44.1 Å². The second kappa shape index (κ2) is 4.58. The lowest BCUT2D eigenvalue weighted by Gasteiger charge is -2.22. The predicted octanol–water partition coefficient (Wildman–Crippen LogP) is 3.32. The summed E-state index contributed by atoms with van der Waals surface area (Å²) in [6.45, 7) is 1.19. The van der Waals surface area contributed by atoms with Crippen molar-refractivity contribution in [3.63, 3.8) is 0 Å². The second-order valence-electron chi connectivity index (χ2n) is 5.33. The number of rotatable bonds is 1. The van der Waals surface area contributed by atoms with E-state index in [1.54, 1.807) is 5.56 Å². The zero-order valence-corrected chi connectivity index (χ0v) is 9.86. The minimum Gasteiger partial charge on any atom is -0.313 e. The van der Waals surface area contributed by atoms with Gasteiger partial charge in [0, 0.05) is 18.5 Å². The lowest BCUT2D eigenvalue weighted by Crippen LogP contribution is -2.25. The van der Waals surface area contributed by atoms with Gasteiger partial charge in [-0.25, -0.2) is 0 Å². The first kappa shape index (κ1) is 10.3. The Kier molecular flexibility index (Phi) is 2.96. The predicted molar refractivity (Wildman–Crippen MR) is 67.5 cm³/mol. The van der Waals surface area contributed by atoms with Crippen LogP contribution in [0.25, 0.3) is 0 Å². The largest absolute Gasteiger partial charge is 0.313 e. The Morgan fingerprint density at radius 3 is 2.62 bits per heavy atom. The molecule has 1 heteroatoms. The zero-order valence-electron chi connectivity index (χ0n) is 9.86. The molecule has 1 aromatic carbocycles. The van der Waals surface area contributed by atoms with Crippen LogP contribution in [-0.2, 0) is 0 Å². The Balaban J connectivity index is 1.81. The highest BCUT2D eigenvalue weighted by molar-refractivity contribution is 5.23. The molecule has 1 N–H and O–H groups in total. The first-order valence-electron chi connectivity index (χ1n) is 6.73. The molecular weight excluding hydrogens is 194 g/mol. The minimum atomic E-state index is 0.768. The van der Waals surface area contributed by atoms with Crippen LogP contribution in [0.1, 0.15) is 43.6 Å². The van der Waals surface area contributed by atoms with Crippen LogP contribution in [0.2, 0.25) is 0 Å². The molecule has 1 saturated heterocycles. The van der Waals surface area contributed by atoms with Gasteiger partial charge in [0.2, 0.25) is 0 Å². The van der Waals surface area contributed by atoms with Crippen LogP contribution < -0.4 is 5.32 Å². The smallest absolute Gasteiger partial charge is 0.0102 e. The maximum Gasteiger partial charge on any atom is 0.0102 e. The molecule has 0 spiro atoms. The fraction of sp³-hybridized carbons (Fsp3) is 0.600. The molecule has 1 saturated carbocycles. The molecule has 1 aromatic rings. The van der Waals surface area contributed by atoms with Gasteiger partial charge in [0.25, 0.3) is 0 Å². The molecule has 1 unspecified atom stereocenters. The molecule has 0 bridgehead atoms. The maximum absolute atomic E-state index is 3.75. The zero-order chi connectivity index (χ0) is 10.8. The fourth-order valence-corrected chi connectivity index (χ4v) is 3.57. The Morgan fingerprint density at radius 2 is 1.75 bits per heavy atom. The molecule has 2 aliphatic rings. The average Bonchev–Trinajstić information content (AvgIpc) is 2.60. The molecule has 86 valence electrons. The van der Waals surface area contributed by atoms with Crippen LogP contribution in [0.5, 0.6) is 0 Å². The van der Waals surface area contributed by atoms with Gasteiger partial charge >= 0.3 is 0 Å². The van der Waals surface area contributed by atoms with Gasteiger partial charge in [0.15, 0.2) is 0 Å². The quantitative estimate of drug-likeness (QED) is 0.757. The van der Waals surface area contributed by atoms with Gasteiger partial charge in [-0.05, 0) is 24.3 Å². The molecule has 1 aliphatic heterocycles. The molecule has 1 nitrogen and oxygen atoms in total. The summed E-state index contributed by atoms with van der Waals surface area (Å²) in [4.78, 5) is 0. The standard InChI is InChI=1S/C15H21N/c1-3-7-12(8-4-1)14-11-16-15-10-6-2-5-9-13(14)15/h1,3-4,7-8,13-16H,2,5-6,9-11H2/t13-,14-,15?/m1/s1. The Labute approximate surface area is 98.3 Å². The Hall–Kier alpha value is -0.820. The van der Waals surface area contributed by atoms with Crippen molar-refractivity contribution in [2.24, 2.45) is 5.92 Å². The summed E-state index contributed by atoms with van der Waals surface area (Å²) in [5.74, 6) is 1.66. The van der Waals surface area contributed by atoms with Crippen molar-refractivity contribution in [1.82, 2.24) is 5.32 Å². The van der Waals surface area contributed by atoms with Gasteiger partial charge in [-0.3, -0.25) is 0 Å². The van der Waals surface area contributed by atoms with E-state index in [9.17, 15) is 0 Å². The van der Waals surface area contributed by atoms with Gasteiger partial charge < -0.3 is 5.32 Å². The number of hydrogen-bond donors (Lipinski definition) is 1. The third-order valence-corrected chi connectivity index (χ3v) is 4.41. The number of benzene rings is 1. The molecule has 0 aromatic heterocycles. The number of hydrogen-bond acceptors (Lipinski definition) is 1. The van der Waals surface area contributed by atoms with Crippen molar-refractivity contribution in [2.75, 3.05) is 6.54 Å². The van der Waals surface area contributed by atoms with E-state index < -0.39 is 0 Å². The number of fused-ring (bicyclic) bond motifs is 1. The fourth-order valence-electron chi connectivity index (χ4n) is 3.57. The highest BCUT2D eigenvalue weighted by Crippen LogP contribution is 2.39. The lowest BCUT2D eigenvalue weighted by molar-refractivity contribution is 0.397. The summed E-state index contributed by atoms with van der Waals surface area (Å²) >= 11 is 0. The Morgan fingerprint density at radius 1 is 0.938 bits per heavy atom. The van der Waals surface area contributed by atoms with Crippen molar-refractivity contribution < 1.29 is 0 Å². The molecule has 1 heterocycles. The molecule has 0 amide bonds. The monoisotopic (exact) mass is 215 g/mol. The van der Waals surface area contributed by atoms with Crippen molar-refractivity contribution in [3.05, 3.63) is 35.9 Å². The first-order valence-corrected chi connectivity index (χ1v) is 6.73. The average molecular weight is 215 g/mol. The summed E-state index contributed by atoms with van der Waals surface area (Å²) in [6.07, 6.45) is 7.13. The molecule has 3 atom stereocenters. The van der Waals surface area contributed by atoms with Gasteiger partial charge in [-0.15, -0.1) is 0 Å². The van der Waals surface area contributed by atoms with E-state index in [0.29, 0.717) is 0 Å². The van der Waals surface area contributed by atoms with Gasteiger partial charge in [-0.1, -0.05) is 49.6 Å². The van der Waals surface area contributed by atoms with E-state index in [1.807, 2.05) is 0 Å². The van der Waals surface area contributed by atoms with Crippen LogP contribution in [0, 0.1) is 5.92 Å². The highest BCUT2D eigenvalue weighted by Gasteiger charge is 2.36. The molecule has 2 fully saturated rings. The summed E-state index contributed by atoms with van der Waals surface area (Å²) in [5, 5.41) is 3.75.